The van der Waals surface area contributed by atoms with Crippen molar-refractivity contribution in [2.75, 3.05) is 5.32 Å². The summed E-state index contributed by atoms with van der Waals surface area (Å²) in [4.78, 5) is 25.1. The molecule has 7 nitrogen and oxygen atoms in total. The van der Waals surface area contributed by atoms with Crippen molar-refractivity contribution in [1.82, 2.24) is 19.5 Å². The monoisotopic (exact) mass is 421 g/mol. The molecule has 31 heavy (non-hydrogen) atoms. The van der Waals surface area contributed by atoms with Crippen LogP contribution in [-0.2, 0) is 0 Å². The Morgan fingerprint density at radius 2 is 1.74 bits per heavy atom. The Bertz CT molecular complexity index is 1240. The fourth-order valence-electron chi connectivity index (χ4n) is 2.96. The van der Waals surface area contributed by atoms with Crippen molar-refractivity contribution >= 4 is 11.6 Å². The van der Waals surface area contributed by atoms with Crippen molar-refractivity contribution in [3.05, 3.63) is 89.8 Å². The Kier molecular flexibility index (Phi) is 5.40. The molecule has 0 atom stereocenters. The van der Waals surface area contributed by atoms with E-state index in [0.29, 0.717) is 29.0 Å². The van der Waals surface area contributed by atoms with E-state index in [4.69, 9.17) is 4.74 Å². The normalized spacial score (nSPS) is 10.7. The topological polar surface area (TPSA) is 81.9 Å². The molecule has 0 unspecified atom stereocenters. The van der Waals surface area contributed by atoms with Gasteiger partial charge in [0, 0.05) is 24.1 Å². The molecule has 0 aliphatic heterocycles. The maximum atomic E-state index is 13.8. The van der Waals surface area contributed by atoms with E-state index in [9.17, 15) is 13.6 Å². The molecule has 0 spiro atoms. The summed E-state index contributed by atoms with van der Waals surface area (Å²) in [5.74, 6) is -0.0282. The van der Waals surface area contributed by atoms with Crippen LogP contribution < -0.4 is 10.1 Å². The van der Waals surface area contributed by atoms with Gasteiger partial charge in [-0.3, -0.25) is 9.36 Å². The quantitative estimate of drug-likeness (QED) is 0.509. The van der Waals surface area contributed by atoms with Crippen molar-refractivity contribution in [3.63, 3.8) is 0 Å². The molecule has 0 radical (unpaired) electrons. The van der Waals surface area contributed by atoms with Crippen LogP contribution >= 0.6 is 0 Å². The third kappa shape index (κ3) is 4.40. The van der Waals surface area contributed by atoms with Gasteiger partial charge in [0.1, 0.15) is 40.4 Å². The average Bonchev–Trinajstić information content (AvgIpc) is 3.15. The van der Waals surface area contributed by atoms with Gasteiger partial charge in [0.05, 0.1) is 0 Å². The minimum absolute atomic E-state index is 0.334. The standard InChI is InChI=1S/C22H17F2N5O2/c1-13-26-19(29-11-10-25-14(29)2)12-20(27-13)31-16-8-6-15(7-9-16)28-22(30)21-17(23)4-3-5-18(21)24/h3-12H,1-2H3,(H,28,30). The maximum Gasteiger partial charge on any atom is 0.261 e. The minimum Gasteiger partial charge on any atom is -0.439 e. The van der Waals surface area contributed by atoms with Crippen molar-refractivity contribution in [1.29, 1.82) is 0 Å². The molecule has 2 heterocycles. The third-order valence-electron chi connectivity index (χ3n) is 4.40. The number of anilines is 1. The molecule has 0 aliphatic carbocycles. The molecule has 156 valence electrons. The van der Waals surface area contributed by atoms with Crippen molar-refractivity contribution in [2.45, 2.75) is 13.8 Å². The maximum absolute atomic E-state index is 13.8. The number of carbonyl (C=O) groups excluding carboxylic acids is 1. The lowest BCUT2D eigenvalue weighted by atomic mass is 10.2. The molecule has 0 saturated carbocycles. The summed E-state index contributed by atoms with van der Waals surface area (Å²) >= 11 is 0. The predicted molar refractivity (Wildman–Crippen MR) is 109 cm³/mol. The summed E-state index contributed by atoms with van der Waals surface area (Å²) in [6, 6.07) is 11.2. The zero-order valence-electron chi connectivity index (χ0n) is 16.6. The number of benzene rings is 2. The van der Waals surface area contributed by atoms with Crippen LogP contribution in [0.4, 0.5) is 14.5 Å². The smallest absolute Gasteiger partial charge is 0.261 e. The number of hydrogen-bond donors (Lipinski definition) is 1. The minimum atomic E-state index is -0.930. The number of aromatic nitrogens is 4. The summed E-state index contributed by atoms with van der Waals surface area (Å²) in [7, 11) is 0. The Morgan fingerprint density at radius 1 is 1.03 bits per heavy atom. The molecule has 0 fully saturated rings. The SMILES string of the molecule is Cc1nc(Oc2ccc(NC(=O)c3c(F)cccc3F)cc2)cc(-n2ccnc2C)n1. The van der Waals surface area contributed by atoms with Gasteiger partial charge >= 0.3 is 0 Å². The summed E-state index contributed by atoms with van der Waals surface area (Å²) in [5, 5.41) is 2.46. The van der Waals surface area contributed by atoms with Gasteiger partial charge in [-0.1, -0.05) is 6.07 Å². The fraction of sp³-hybridized carbons (Fsp3) is 0.0909. The molecule has 4 aromatic rings. The summed E-state index contributed by atoms with van der Waals surface area (Å²) in [6.45, 7) is 3.61. The van der Waals surface area contributed by atoms with Crippen LogP contribution in [0, 0.1) is 25.5 Å². The molecule has 9 heteroatoms. The Hall–Kier alpha value is -4.14. The molecule has 2 aromatic heterocycles. The summed E-state index contributed by atoms with van der Waals surface area (Å²) < 4.78 is 35.1. The first kappa shape index (κ1) is 20.1. The number of nitrogens with one attached hydrogen (secondary N) is 1. The zero-order chi connectivity index (χ0) is 22.0. The highest BCUT2D eigenvalue weighted by molar-refractivity contribution is 6.04. The van der Waals surface area contributed by atoms with E-state index in [2.05, 4.69) is 20.3 Å². The number of rotatable bonds is 5. The van der Waals surface area contributed by atoms with Gasteiger partial charge in [0.2, 0.25) is 5.88 Å². The van der Waals surface area contributed by atoms with Crippen LogP contribution in [0.25, 0.3) is 5.82 Å². The lowest BCUT2D eigenvalue weighted by Gasteiger charge is -2.10. The summed E-state index contributed by atoms with van der Waals surface area (Å²) in [5.41, 5.74) is -0.282. The van der Waals surface area contributed by atoms with Crippen LogP contribution in [0.5, 0.6) is 11.6 Å². The van der Waals surface area contributed by atoms with E-state index in [-0.39, 0.29) is 0 Å². The number of imidazole rings is 1. The van der Waals surface area contributed by atoms with Crippen molar-refractivity contribution < 1.29 is 18.3 Å². The molecule has 0 saturated heterocycles. The van der Waals surface area contributed by atoms with Crippen LogP contribution in [0.3, 0.4) is 0 Å². The second kappa shape index (κ2) is 8.31. The van der Waals surface area contributed by atoms with E-state index in [0.717, 1.165) is 18.0 Å². The highest BCUT2D eigenvalue weighted by Gasteiger charge is 2.17. The largest absolute Gasteiger partial charge is 0.439 e. The van der Waals surface area contributed by atoms with Crippen LogP contribution in [-0.4, -0.2) is 25.4 Å². The zero-order valence-corrected chi connectivity index (χ0v) is 16.6. The van der Waals surface area contributed by atoms with Gasteiger partial charge < -0.3 is 10.1 Å². The number of carbonyl (C=O) groups is 1. The lowest BCUT2D eigenvalue weighted by molar-refractivity contribution is 0.101. The number of aryl methyl sites for hydroxylation is 2. The highest BCUT2D eigenvalue weighted by Crippen LogP contribution is 2.24. The van der Waals surface area contributed by atoms with Gasteiger partial charge in [-0.2, -0.15) is 4.98 Å². The molecule has 0 bridgehead atoms. The lowest BCUT2D eigenvalue weighted by Crippen LogP contribution is -2.15. The van der Waals surface area contributed by atoms with Gasteiger partial charge in [0.25, 0.3) is 5.91 Å². The number of amides is 1. The number of halogens is 2. The molecule has 1 amide bonds. The van der Waals surface area contributed by atoms with Gasteiger partial charge in [-0.15, -0.1) is 0 Å². The van der Waals surface area contributed by atoms with Gasteiger partial charge in [-0.25, -0.2) is 18.7 Å². The first-order valence-electron chi connectivity index (χ1n) is 9.30. The molecule has 2 aromatic carbocycles. The Labute approximate surface area is 176 Å². The Balaban J connectivity index is 1.50. The van der Waals surface area contributed by atoms with Gasteiger partial charge in [0.15, 0.2) is 0 Å². The average molecular weight is 421 g/mol. The van der Waals surface area contributed by atoms with E-state index in [1.807, 2.05) is 11.5 Å². The van der Waals surface area contributed by atoms with E-state index < -0.39 is 23.1 Å². The second-order valence-corrected chi connectivity index (χ2v) is 6.63. The number of nitrogens with zero attached hydrogens (tertiary/aromatic N) is 4. The van der Waals surface area contributed by atoms with Crippen molar-refractivity contribution in [2.24, 2.45) is 0 Å². The Morgan fingerprint density at radius 3 is 2.39 bits per heavy atom. The molecular weight excluding hydrogens is 404 g/mol. The highest BCUT2D eigenvalue weighted by atomic mass is 19.1. The van der Waals surface area contributed by atoms with Gasteiger partial charge in [-0.05, 0) is 50.2 Å². The van der Waals surface area contributed by atoms with Crippen LogP contribution in [0.1, 0.15) is 22.0 Å². The first-order chi connectivity index (χ1) is 14.9. The summed E-state index contributed by atoms with van der Waals surface area (Å²) in [6.07, 6.45) is 3.46. The molecule has 0 aliphatic rings. The van der Waals surface area contributed by atoms with E-state index >= 15 is 0 Å². The number of ether oxygens (including phenoxy) is 1. The fourth-order valence-corrected chi connectivity index (χ4v) is 2.96. The second-order valence-electron chi connectivity index (χ2n) is 6.63. The molecule has 1 N–H and O–H groups in total. The number of hydrogen-bond acceptors (Lipinski definition) is 5. The first-order valence-corrected chi connectivity index (χ1v) is 9.30. The van der Waals surface area contributed by atoms with Crippen LogP contribution in [0.2, 0.25) is 0 Å². The molecular formula is C22H17F2N5O2. The predicted octanol–water partition coefficient (Wildman–Crippen LogP) is 4.60. The van der Waals surface area contributed by atoms with E-state index in [1.165, 1.54) is 6.07 Å². The third-order valence-corrected chi connectivity index (χ3v) is 4.40. The molecule has 4 rings (SSSR count). The van der Waals surface area contributed by atoms with E-state index in [1.54, 1.807) is 49.6 Å². The van der Waals surface area contributed by atoms with Crippen LogP contribution in [0.15, 0.2) is 60.9 Å². The van der Waals surface area contributed by atoms with Crippen molar-refractivity contribution in [3.8, 4) is 17.4 Å².